The van der Waals surface area contributed by atoms with Gasteiger partial charge in [0.1, 0.15) is 12.3 Å². The summed E-state index contributed by atoms with van der Waals surface area (Å²) in [5.41, 5.74) is 5.11. The van der Waals surface area contributed by atoms with Gasteiger partial charge in [-0.15, -0.1) is 0 Å². The van der Waals surface area contributed by atoms with Crippen LogP contribution in [-0.4, -0.2) is 29.0 Å². The van der Waals surface area contributed by atoms with E-state index in [9.17, 15) is 4.79 Å². The number of methoxy groups -OCH3 is 1. The van der Waals surface area contributed by atoms with Crippen LogP contribution in [0.15, 0.2) is 35.4 Å². The Kier molecular flexibility index (Phi) is 4.71. The monoisotopic (exact) mass is 286 g/mol. The minimum atomic E-state index is -0.229. The lowest BCUT2D eigenvalue weighted by Crippen LogP contribution is -2.24. The van der Waals surface area contributed by atoms with Gasteiger partial charge in [-0.2, -0.15) is 10.2 Å². The number of hydrazone groups is 1. The van der Waals surface area contributed by atoms with E-state index in [1.54, 1.807) is 18.0 Å². The third-order valence-electron chi connectivity index (χ3n) is 2.93. The van der Waals surface area contributed by atoms with Crippen molar-refractivity contribution in [2.75, 3.05) is 7.11 Å². The van der Waals surface area contributed by atoms with Gasteiger partial charge in [0.2, 0.25) is 0 Å². The number of nitrogens with one attached hydrogen (secondary N) is 1. The second kappa shape index (κ2) is 6.69. The van der Waals surface area contributed by atoms with Gasteiger partial charge >= 0.3 is 0 Å². The molecule has 0 aliphatic heterocycles. The normalized spacial score (nSPS) is 10.8. The largest absolute Gasteiger partial charge is 0.496 e. The van der Waals surface area contributed by atoms with Gasteiger partial charge in [0, 0.05) is 11.3 Å². The molecule has 0 atom stereocenters. The molecule has 0 saturated heterocycles. The van der Waals surface area contributed by atoms with Crippen molar-refractivity contribution in [1.29, 1.82) is 0 Å². The van der Waals surface area contributed by atoms with Crippen LogP contribution in [-0.2, 0) is 11.3 Å². The molecule has 1 amide bonds. The summed E-state index contributed by atoms with van der Waals surface area (Å²) in [7, 11) is 1.59. The summed E-state index contributed by atoms with van der Waals surface area (Å²) in [5, 5.41) is 8.16. The molecule has 0 saturated carbocycles. The number of hydrogen-bond acceptors (Lipinski definition) is 4. The van der Waals surface area contributed by atoms with Crippen molar-refractivity contribution in [3.8, 4) is 5.75 Å². The van der Waals surface area contributed by atoms with Crippen LogP contribution in [0.4, 0.5) is 0 Å². The van der Waals surface area contributed by atoms with E-state index in [0.29, 0.717) is 5.75 Å². The van der Waals surface area contributed by atoms with Crippen LogP contribution in [0.3, 0.4) is 0 Å². The molecule has 0 radical (unpaired) electrons. The standard InChI is InChI=1S/C15H18N4O2/c1-11-8-12(2)19(18-11)10-15(20)17-16-9-13-6-4-5-7-14(13)21-3/h4-9H,10H2,1-3H3,(H,17,20). The van der Waals surface area contributed by atoms with E-state index in [0.717, 1.165) is 17.0 Å². The number of amides is 1. The molecule has 110 valence electrons. The summed E-state index contributed by atoms with van der Waals surface area (Å²) in [6.45, 7) is 3.94. The van der Waals surface area contributed by atoms with Crippen molar-refractivity contribution in [3.63, 3.8) is 0 Å². The van der Waals surface area contributed by atoms with Gasteiger partial charge in [-0.05, 0) is 32.0 Å². The van der Waals surface area contributed by atoms with Gasteiger partial charge in [0.25, 0.3) is 5.91 Å². The van der Waals surface area contributed by atoms with E-state index < -0.39 is 0 Å². The molecule has 6 heteroatoms. The van der Waals surface area contributed by atoms with Crippen LogP contribution in [0.1, 0.15) is 17.0 Å². The third kappa shape index (κ3) is 3.92. The van der Waals surface area contributed by atoms with Crippen LogP contribution in [0.2, 0.25) is 0 Å². The predicted molar refractivity (Wildman–Crippen MR) is 80.4 cm³/mol. The lowest BCUT2D eigenvalue weighted by atomic mass is 10.2. The lowest BCUT2D eigenvalue weighted by Gasteiger charge is -2.04. The molecule has 2 aromatic rings. The van der Waals surface area contributed by atoms with Crippen molar-refractivity contribution in [1.82, 2.24) is 15.2 Å². The third-order valence-corrected chi connectivity index (χ3v) is 2.93. The first-order valence-electron chi connectivity index (χ1n) is 6.56. The van der Waals surface area contributed by atoms with Crippen molar-refractivity contribution in [3.05, 3.63) is 47.3 Å². The summed E-state index contributed by atoms with van der Waals surface area (Å²) in [6.07, 6.45) is 1.55. The lowest BCUT2D eigenvalue weighted by molar-refractivity contribution is -0.121. The van der Waals surface area contributed by atoms with E-state index in [2.05, 4.69) is 15.6 Å². The van der Waals surface area contributed by atoms with Crippen LogP contribution in [0.25, 0.3) is 0 Å². The molecule has 1 aromatic carbocycles. The van der Waals surface area contributed by atoms with Crippen LogP contribution in [0, 0.1) is 13.8 Å². The highest BCUT2D eigenvalue weighted by Gasteiger charge is 2.06. The molecule has 2 rings (SSSR count). The van der Waals surface area contributed by atoms with Crippen LogP contribution >= 0.6 is 0 Å². The smallest absolute Gasteiger partial charge is 0.261 e. The molecule has 0 bridgehead atoms. The molecule has 21 heavy (non-hydrogen) atoms. The Morgan fingerprint density at radius 1 is 1.43 bits per heavy atom. The number of aromatic nitrogens is 2. The number of carbonyl (C=O) groups excluding carboxylic acids is 1. The molecule has 1 N–H and O–H groups in total. The first-order valence-corrected chi connectivity index (χ1v) is 6.56. The van der Waals surface area contributed by atoms with Crippen molar-refractivity contribution in [2.45, 2.75) is 20.4 Å². The van der Waals surface area contributed by atoms with Gasteiger partial charge in [0.15, 0.2) is 0 Å². The Labute approximate surface area is 123 Å². The second-order valence-electron chi connectivity index (χ2n) is 4.62. The number of hydrogen-bond donors (Lipinski definition) is 1. The molecule has 0 fully saturated rings. The molecular weight excluding hydrogens is 268 g/mol. The SMILES string of the molecule is COc1ccccc1C=NNC(=O)Cn1nc(C)cc1C. The van der Waals surface area contributed by atoms with Gasteiger partial charge in [0.05, 0.1) is 19.0 Å². The molecule has 0 aliphatic rings. The maximum absolute atomic E-state index is 11.8. The number of carbonyl (C=O) groups is 1. The van der Waals surface area contributed by atoms with Gasteiger partial charge in [-0.25, -0.2) is 5.43 Å². The first-order chi connectivity index (χ1) is 10.1. The molecule has 1 heterocycles. The van der Waals surface area contributed by atoms with E-state index in [-0.39, 0.29) is 12.5 Å². The zero-order valence-corrected chi connectivity index (χ0v) is 12.3. The molecule has 0 aliphatic carbocycles. The Morgan fingerprint density at radius 3 is 2.86 bits per heavy atom. The maximum Gasteiger partial charge on any atom is 0.261 e. The molecule has 0 spiro atoms. The van der Waals surface area contributed by atoms with Crippen molar-refractivity contribution >= 4 is 12.1 Å². The highest BCUT2D eigenvalue weighted by atomic mass is 16.5. The fraction of sp³-hybridized carbons (Fsp3) is 0.267. The minimum absolute atomic E-state index is 0.142. The topological polar surface area (TPSA) is 68.5 Å². The van der Waals surface area contributed by atoms with E-state index in [4.69, 9.17) is 4.74 Å². The maximum atomic E-state index is 11.8. The van der Waals surface area contributed by atoms with Gasteiger partial charge < -0.3 is 4.74 Å². The number of nitrogens with zero attached hydrogens (tertiary/aromatic N) is 3. The molecule has 1 aromatic heterocycles. The number of para-hydroxylation sites is 1. The number of ether oxygens (including phenoxy) is 1. The van der Waals surface area contributed by atoms with E-state index in [1.165, 1.54) is 0 Å². The Morgan fingerprint density at radius 2 is 2.19 bits per heavy atom. The average molecular weight is 286 g/mol. The van der Waals surface area contributed by atoms with Crippen molar-refractivity contribution < 1.29 is 9.53 Å². The fourth-order valence-electron chi connectivity index (χ4n) is 1.95. The summed E-state index contributed by atoms with van der Waals surface area (Å²) >= 11 is 0. The Hall–Kier alpha value is -2.63. The zero-order chi connectivity index (χ0) is 15.2. The summed E-state index contributed by atoms with van der Waals surface area (Å²) in [4.78, 5) is 11.8. The Bertz CT molecular complexity index is 661. The Balaban J connectivity index is 1.95. The van der Waals surface area contributed by atoms with E-state index >= 15 is 0 Å². The summed E-state index contributed by atoms with van der Waals surface area (Å²) in [5.74, 6) is 0.474. The quantitative estimate of drug-likeness (QED) is 0.671. The first kappa shape index (κ1) is 14.8. The predicted octanol–water partition coefficient (Wildman–Crippen LogP) is 1.66. The van der Waals surface area contributed by atoms with Gasteiger partial charge in [-0.3, -0.25) is 9.48 Å². The number of rotatable bonds is 5. The second-order valence-corrected chi connectivity index (χ2v) is 4.62. The molecule has 6 nitrogen and oxygen atoms in total. The number of aryl methyl sites for hydroxylation is 2. The van der Waals surface area contributed by atoms with Gasteiger partial charge in [-0.1, -0.05) is 12.1 Å². The highest BCUT2D eigenvalue weighted by Crippen LogP contribution is 2.14. The molecular formula is C15H18N4O2. The van der Waals surface area contributed by atoms with Crippen molar-refractivity contribution in [2.24, 2.45) is 5.10 Å². The fourth-order valence-corrected chi connectivity index (χ4v) is 1.95. The number of benzene rings is 1. The summed E-state index contributed by atoms with van der Waals surface area (Å²) < 4.78 is 6.84. The zero-order valence-electron chi connectivity index (χ0n) is 12.3. The van der Waals surface area contributed by atoms with Crippen LogP contribution < -0.4 is 10.2 Å². The highest BCUT2D eigenvalue weighted by molar-refractivity contribution is 5.85. The van der Waals surface area contributed by atoms with Crippen LogP contribution in [0.5, 0.6) is 5.75 Å². The molecule has 0 unspecified atom stereocenters. The summed E-state index contributed by atoms with van der Waals surface area (Å²) in [6, 6.07) is 9.36. The minimum Gasteiger partial charge on any atom is -0.496 e. The van der Waals surface area contributed by atoms with E-state index in [1.807, 2.05) is 44.2 Å². The average Bonchev–Trinajstić information content (AvgIpc) is 2.77.